The summed E-state index contributed by atoms with van der Waals surface area (Å²) in [5.74, 6) is -0.475. The molecule has 0 radical (unpaired) electrons. The molecule has 0 atom stereocenters. The summed E-state index contributed by atoms with van der Waals surface area (Å²) in [5, 5.41) is 19.5. The third-order valence-electron chi connectivity index (χ3n) is 0.661. The van der Waals surface area contributed by atoms with Gasteiger partial charge in [-0.15, -0.1) is 0 Å². The van der Waals surface area contributed by atoms with Crippen LogP contribution in [0.4, 0.5) is 5.95 Å². The topological polar surface area (TPSA) is 86.7 Å². The minimum Gasteiger partial charge on any atom is -0.390 e. The molecule has 0 unspecified atom stereocenters. The van der Waals surface area contributed by atoms with Crippen LogP contribution >= 0.6 is 0 Å². The van der Waals surface area contributed by atoms with Crippen LogP contribution in [-0.4, -0.2) is 25.1 Å². The average Bonchev–Trinajstić information content (AvgIpc) is 2.14. The van der Waals surface area contributed by atoms with Gasteiger partial charge in [0.2, 0.25) is 0 Å². The van der Waals surface area contributed by atoms with Gasteiger partial charge in [-0.2, -0.15) is 0 Å². The third-order valence-corrected chi connectivity index (χ3v) is 0.661. The zero-order chi connectivity index (χ0) is 6.85. The van der Waals surface area contributed by atoms with Crippen molar-refractivity contribution in [2.75, 3.05) is 0 Å². The predicted octanol–water partition coefficient (Wildman–Crippen LogP) is -0.882. The van der Waals surface area contributed by atoms with E-state index in [0.717, 1.165) is 4.80 Å². The number of rotatable bonds is 1. The van der Waals surface area contributed by atoms with Crippen LogP contribution in [0.5, 0.6) is 0 Å². The lowest BCUT2D eigenvalue weighted by Crippen LogP contribution is -1.93. The highest BCUT2D eigenvalue weighted by atomic mass is 16.6. The lowest BCUT2D eigenvalue weighted by molar-refractivity contribution is -0.394. The van der Waals surface area contributed by atoms with Crippen molar-refractivity contribution in [3.8, 4) is 0 Å². The average molecular weight is 129 g/mol. The number of nitrogens with zero attached hydrogens (tertiary/aromatic N) is 5. The zero-order valence-corrected chi connectivity index (χ0v) is 4.55. The Labute approximate surface area is 49.4 Å². The van der Waals surface area contributed by atoms with Gasteiger partial charge >= 0.3 is 5.95 Å². The Bertz CT molecular complexity index is 229. The number of aryl methyl sites for hydroxylation is 1. The molecule has 7 heteroatoms. The first-order valence-electron chi connectivity index (χ1n) is 2.08. The highest BCUT2D eigenvalue weighted by Gasteiger charge is 2.11. The second kappa shape index (κ2) is 1.77. The molecule has 0 amide bonds. The Morgan fingerprint density at radius 2 is 2.44 bits per heavy atom. The Balaban J connectivity index is 2.98. The fourth-order valence-corrected chi connectivity index (χ4v) is 0.347. The van der Waals surface area contributed by atoms with Crippen molar-refractivity contribution < 1.29 is 4.92 Å². The van der Waals surface area contributed by atoms with Gasteiger partial charge in [-0.1, -0.05) is 4.80 Å². The lowest BCUT2D eigenvalue weighted by Gasteiger charge is -1.80. The summed E-state index contributed by atoms with van der Waals surface area (Å²) in [6, 6.07) is 0. The number of aromatic nitrogens is 4. The molecule has 0 N–H and O–H groups in total. The molecule has 0 spiro atoms. The van der Waals surface area contributed by atoms with E-state index in [4.69, 9.17) is 0 Å². The number of hydrogen-bond acceptors (Lipinski definition) is 5. The van der Waals surface area contributed by atoms with E-state index in [0.29, 0.717) is 0 Å². The molecule has 7 nitrogen and oxygen atoms in total. The van der Waals surface area contributed by atoms with Crippen molar-refractivity contribution in [3.63, 3.8) is 0 Å². The van der Waals surface area contributed by atoms with Crippen molar-refractivity contribution >= 4 is 5.95 Å². The molecule has 9 heavy (non-hydrogen) atoms. The van der Waals surface area contributed by atoms with Gasteiger partial charge in [0.1, 0.15) is 0 Å². The van der Waals surface area contributed by atoms with Crippen molar-refractivity contribution in [1.29, 1.82) is 0 Å². The molecular weight excluding hydrogens is 126 g/mol. The van der Waals surface area contributed by atoms with Crippen LogP contribution in [0.1, 0.15) is 0 Å². The van der Waals surface area contributed by atoms with E-state index in [2.05, 4.69) is 15.4 Å². The maximum atomic E-state index is 9.84. The van der Waals surface area contributed by atoms with Gasteiger partial charge in [0.25, 0.3) is 0 Å². The summed E-state index contributed by atoms with van der Waals surface area (Å²) < 4.78 is 0. The van der Waals surface area contributed by atoms with Gasteiger partial charge in [-0.05, 0) is 4.92 Å². The zero-order valence-electron chi connectivity index (χ0n) is 4.55. The van der Waals surface area contributed by atoms with Crippen molar-refractivity contribution in [2.24, 2.45) is 7.05 Å². The molecule has 1 aromatic rings. The lowest BCUT2D eigenvalue weighted by atomic mass is 11.1. The first-order valence-corrected chi connectivity index (χ1v) is 2.08. The summed E-state index contributed by atoms with van der Waals surface area (Å²) in [5.41, 5.74) is 0. The molecular formula is C2H3N5O2. The van der Waals surface area contributed by atoms with Crippen LogP contribution < -0.4 is 0 Å². The van der Waals surface area contributed by atoms with Crippen LogP contribution in [-0.2, 0) is 7.05 Å². The molecule has 1 aromatic heterocycles. The summed E-state index contributed by atoms with van der Waals surface area (Å²) in [4.78, 5) is 10.2. The smallest absolute Gasteiger partial charge is 0.390 e. The molecule has 0 bridgehead atoms. The van der Waals surface area contributed by atoms with E-state index in [1.165, 1.54) is 7.05 Å². The summed E-state index contributed by atoms with van der Waals surface area (Å²) in [6.07, 6.45) is 0. The first-order chi connectivity index (χ1) is 4.20. The Kier molecular flexibility index (Phi) is 1.10. The van der Waals surface area contributed by atoms with Crippen LogP contribution in [0.2, 0.25) is 0 Å². The Morgan fingerprint density at radius 3 is 2.67 bits per heavy atom. The molecule has 0 saturated heterocycles. The van der Waals surface area contributed by atoms with Crippen LogP contribution in [0, 0.1) is 10.1 Å². The molecule has 0 aliphatic rings. The van der Waals surface area contributed by atoms with Gasteiger partial charge in [0.15, 0.2) is 0 Å². The van der Waals surface area contributed by atoms with Gasteiger partial charge in [-0.25, -0.2) is 0 Å². The molecule has 0 aromatic carbocycles. The first kappa shape index (κ1) is 5.60. The van der Waals surface area contributed by atoms with Crippen molar-refractivity contribution in [3.05, 3.63) is 10.1 Å². The molecule has 0 saturated carbocycles. The van der Waals surface area contributed by atoms with Gasteiger partial charge in [0, 0.05) is 5.21 Å². The minimum absolute atomic E-state index is 0.475. The van der Waals surface area contributed by atoms with E-state index in [-0.39, 0.29) is 0 Å². The van der Waals surface area contributed by atoms with E-state index in [9.17, 15) is 10.1 Å². The van der Waals surface area contributed by atoms with Crippen LogP contribution in [0.25, 0.3) is 0 Å². The van der Waals surface area contributed by atoms with Crippen LogP contribution in [0.3, 0.4) is 0 Å². The largest absolute Gasteiger partial charge is 0.514 e. The molecule has 0 aliphatic heterocycles. The number of nitro groups is 1. The molecule has 0 aliphatic carbocycles. The fourth-order valence-electron chi connectivity index (χ4n) is 0.347. The van der Waals surface area contributed by atoms with E-state index in [1.54, 1.807) is 0 Å². The van der Waals surface area contributed by atoms with Gasteiger partial charge in [-0.3, -0.25) is 0 Å². The highest BCUT2D eigenvalue weighted by Crippen LogP contribution is 1.93. The van der Waals surface area contributed by atoms with E-state index in [1.807, 2.05) is 0 Å². The normalized spacial score (nSPS) is 9.44. The Hall–Kier alpha value is -1.53. The SMILES string of the molecule is Cn1nnc([N+](=O)[O-])n1. The molecule has 1 rings (SSSR count). The molecule has 1 heterocycles. The molecule has 48 valence electrons. The number of tetrazole rings is 1. The highest BCUT2D eigenvalue weighted by molar-refractivity contribution is 4.92. The predicted molar refractivity (Wildman–Crippen MR) is 25.5 cm³/mol. The third kappa shape index (κ3) is 0.983. The maximum Gasteiger partial charge on any atom is 0.514 e. The standard InChI is InChI=1S/C2H3N5O2/c1-6-4-2(3-5-6)7(8)9/h1H3. The monoisotopic (exact) mass is 129 g/mol. The van der Waals surface area contributed by atoms with Crippen molar-refractivity contribution in [2.45, 2.75) is 0 Å². The van der Waals surface area contributed by atoms with E-state index >= 15 is 0 Å². The second-order valence-electron chi connectivity index (χ2n) is 1.34. The summed E-state index contributed by atoms with van der Waals surface area (Å²) in [7, 11) is 1.46. The second-order valence-corrected chi connectivity index (χ2v) is 1.34. The quantitative estimate of drug-likeness (QED) is 0.363. The van der Waals surface area contributed by atoms with E-state index < -0.39 is 10.9 Å². The number of hydrogen-bond donors (Lipinski definition) is 0. The van der Waals surface area contributed by atoms with Crippen molar-refractivity contribution in [1.82, 2.24) is 20.2 Å². The fraction of sp³-hybridized carbons (Fsp3) is 0.500. The summed E-state index contributed by atoms with van der Waals surface area (Å²) >= 11 is 0. The molecule has 0 fully saturated rings. The Morgan fingerprint density at radius 1 is 1.78 bits per heavy atom. The van der Waals surface area contributed by atoms with Crippen LogP contribution in [0.15, 0.2) is 0 Å². The minimum atomic E-state index is -0.701. The van der Waals surface area contributed by atoms with Gasteiger partial charge < -0.3 is 10.1 Å². The summed E-state index contributed by atoms with van der Waals surface area (Å²) in [6.45, 7) is 0. The van der Waals surface area contributed by atoms with Gasteiger partial charge in [0.05, 0.1) is 17.2 Å². The maximum absolute atomic E-state index is 9.84.